The van der Waals surface area contributed by atoms with Crippen LogP contribution >= 0.6 is 0 Å². The van der Waals surface area contributed by atoms with E-state index in [0.29, 0.717) is 6.42 Å². The van der Waals surface area contributed by atoms with Gasteiger partial charge in [-0.3, -0.25) is 25.0 Å². The number of hydrogen-bond acceptors (Lipinski definition) is 8. The van der Waals surface area contributed by atoms with Gasteiger partial charge in [-0.25, -0.2) is 0 Å². The molecule has 0 bridgehead atoms. The summed E-state index contributed by atoms with van der Waals surface area (Å²) < 4.78 is 4.77. The number of unbranched alkanes of at least 4 members (excludes halogenated alkanes) is 1. The molecule has 1 rings (SSSR count). The topological polar surface area (TPSA) is 165 Å². The molecule has 1 amide bonds. The number of benzene rings is 1. The van der Waals surface area contributed by atoms with Crippen molar-refractivity contribution in [3.05, 3.63) is 38.4 Å². The number of amides is 1. The number of nitrogens with zero attached hydrogens (tertiary/aromatic N) is 2. The first-order valence-electron chi connectivity index (χ1n) is 8.31. The van der Waals surface area contributed by atoms with Crippen LogP contribution in [-0.2, 0) is 9.53 Å². The summed E-state index contributed by atoms with van der Waals surface area (Å²) in [5, 5.41) is 44.5. The van der Waals surface area contributed by atoms with Crippen LogP contribution in [0.25, 0.3) is 0 Å². The molecule has 0 saturated heterocycles. The predicted octanol–water partition coefficient (Wildman–Crippen LogP) is 1.62. The lowest BCUT2D eigenvalue weighted by molar-refractivity contribution is -0.393. The van der Waals surface area contributed by atoms with E-state index >= 15 is 0 Å². The fourth-order valence-corrected chi connectivity index (χ4v) is 2.53. The molecule has 2 unspecified atom stereocenters. The zero-order chi connectivity index (χ0) is 20.6. The molecule has 0 aliphatic rings. The van der Waals surface area contributed by atoms with Crippen LogP contribution in [0.5, 0.6) is 0 Å². The molecule has 0 aromatic heterocycles. The first-order chi connectivity index (χ1) is 12.7. The van der Waals surface area contributed by atoms with Crippen molar-refractivity contribution in [1.29, 1.82) is 0 Å². The van der Waals surface area contributed by atoms with Crippen LogP contribution in [0.1, 0.15) is 26.2 Å². The van der Waals surface area contributed by atoms with Crippen molar-refractivity contribution in [2.75, 3.05) is 19.0 Å². The van der Waals surface area contributed by atoms with Crippen LogP contribution in [-0.4, -0.2) is 51.9 Å². The van der Waals surface area contributed by atoms with E-state index in [1.165, 1.54) is 7.11 Å². The number of ether oxygens (including phenoxy) is 1. The van der Waals surface area contributed by atoms with Crippen LogP contribution < -0.4 is 5.32 Å². The fourth-order valence-electron chi connectivity index (χ4n) is 2.53. The highest BCUT2D eigenvalue weighted by Gasteiger charge is 2.33. The van der Waals surface area contributed by atoms with E-state index in [1.807, 2.05) is 6.92 Å². The zero-order valence-electron chi connectivity index (χ0n) is 15.0. The normalized spacial score (nSPS) is 14.2. The molecule has 150 valence electrons. The summed E-state index contributed by atoms with van der Waals surface area (Å²) in [6.07, 6.45) is -1.19. The third-order valence-electron chi connectivity index (χ3n) is 4.00. The molecule has 0 spiro atoms. The van der Waals surface area contributed by atoms with Gasteiger partial charge < -0.3 is 20.3 Å². The third-order valence-corrected chi connectivity index (χ3v) is 4.00. The lowest BCUT2D eigenvalue weighted by atomic mass is 9.91. The highest BCUT2D eigenvalue weighted by molar-refractivity contribution is 5.95. The van der Waals surface area contributed by atoms with E-state index in [2.05, 4.69) is 5.32 Å². The molecule has 0 aliphatic heterocycles. The number of anilines is 1. The summed E-state index contributed by atoms with van der Waals surface area (Å²) in [6.45, 7) is 1.70. The van der Waals surface area contributed by atoms with E-state index in [4.69, 9.17) is 4.74 Å². The van der Waals surface area contributed by atoms with Crippen molar-refractivity contribution >= 4 is 23.0 Å². The summed E-state index contributed by atoms with van der Waals surface area (Å²) in [7, 11) is 1.33. The number of aliphatic hydroxyl groups excluding tert-OH is 2. The Labute approximate surface area is 155 Å². The quantitative estimate of drug-likeness (QED) is 0.382. The minimum absolute atomic E-state index is 0.186. The van der Waals surface area contributed by atoms with Crippen LogP contribution in [0.3, 0.4) is 0 Å². The molecule has 0 radical (unpaired) electrons. The monoisotopic (exact) mass is 385 g/mol. The van der Waals surface area contributed by atoms with Crippen LogP contribution in [0.2, 0.25) is 0 Å². The second-order valence-electron chi connectivity index (χ2n) is 5.97. The van der Waals surface area contributed by atoms with E-state index in [0.717, 1.165) is 24.6 Å². The first-order valence-corrected chi connectivity index (χ1v) is 8.31. The van der Waals surface area contributed by atoms with E-state index in [-0.39, 0.29) is 18.7 Å². The Bertz CT molecular complexity index is 682. The maximum absolute atomic E-state index is 12.6. The van der Waals surface area contributed by atoms with E-state index < -0.39 is 45.3 Å². The van der Waals surface area contributed by atoms with Gasteiger partial charge in [0, 0.05) is 13.2 Å². The Morgan fingerprint density at radius 2 is 1.93 bits per heavy atom. The summed E-state index contributed by atoms with van der Waals surface area (Å²) in [6, 6.07) is 2.83. The van der Waals surface area contributed by atoms with Gasteiger partial charge in [0.15, 0.2) is 0 Å². The minimum Gasteiger partial charge on any atom is -0.390 e. The molecule has 0 aliphatic carbocycles. The van der Waals surface area contributed by atoms with Crippen molar-refractivity contribution in [1.82, 2.24) is 0 Å². The third kappa shape index (κ3) is 6.24. The van der Waals surface area contributed by atoms with Gasteiger partial charge in [0.2, 0.25) is 5.91 Å². The number of methoxy groups -OCH3 is 1. The minimum atomic E-state index is -1.44. The Kier molecular flexibility index (Phi) is 8.72. The SMILES string of the molecule is CCCCC(C(=O)Nc1ccc([N+](=O)[O-])cc1[N+](=O)[O-])C(O)[C@@H](O)COC. The van der Waals surface area contributed by atoms with Crippen LogP contribution in [0.4, 0.5) is 17.1 Å². The molecular formula is C16H23N3O8. The highest BCUT2D eigenvalue weighted by Crippen LogP contribution is 2.30. The summed E-state index contributed by atoms with van der Waals surface area (Å²) >= 11 is 0. The molecule has 3 N–H and O–H groups in total. The molecular weight excluding hydrogens is 362 g/mol. The van der Waals surface area contributed by atoms with Gasteiger partial charge in [0.05, 0.1) is 34.5 Å². The molecule has 27 heavy (non-hydrogen) atoms. The maximum atomic E-state index is 12.6. The maximum Gasteiger partial charge on any atom is 0.299 e. The van der Waals surface area contributed by atoms with Crippen molar-refractivity contribution < 1.29 is 29.6 Å². The van der Waals surface area contributed by atoms with Crippen molar-refractivity contribution in [2.45, 2.75) is 38.4 Å². The van der Waals surface area contributed by atoms with E-state index in [9.17, 15) is 35.2 Å². The Morgan fingerprint density at radius 3 is 2.44 bits per heavy atom. The van der Waals surface area contributed by atoms with Gasteiger partial charge >= 0.3 is 0 Å². The number of non-ortho nitro benzene ring substituents is 1. The lowest BCUT2D eigenvalue weighted by Gasteiger charge is -2.25. The molecule has 11 heteroatoms. The molecule has 0 heterocycles. The average molecular weight is 385 g/mol. The molecule has 11 nitrogen and oxygen atoms in total. The number of nitro groups is 2. The van der Waals surface area contributed by atoms with Gasteiger partial charge in [0.25, 0.3) is 11.4 Å². The molecule has 0 saturated carbocycles. The second-order valence-corrected chi connectivity index (χ2v) is 5.97. The Morgan fingerprint density at radius 1 is 1.26 bits per heavy atom. The van der Waals surface area contributed by atoms with Gasteiger partial charge in [-0.05, 0) is 12.5 Å². The summed E-state index contributed by atoms with van der Waals surface area (Å²) in [4.78, 5) is 32.9. The van der Waals surface area contributed by atoms with Crippen LogP contribution in [0, 0.1) is 26.1 Å². The second kappa shape index (κ2) is 10.5. The molecule has 1 aromatic carbocycles. The largest absolute Gasteiger partial charge is 0.390 e. The van der Waals surface area contributed by atoms with E-state index in [1.54, 1.807) is 0 Å². The standard InChI is InChI=1S/C16H23N3O8/c1-3-4-5-11(15(21)14(20)9-27-2)16(22)17-12-7-6-10(18(23)24)8-13(12)19(25)26/h6-8,11,14-15,20-21H,3-5,9H2,1-2H3,(H,17,22)/t11?,14-,15?/m0/s1. The Balaban J connectivity index is 3.09. The Hall–Kier alpha value is -2.63. The number of carbonyl (C=O) groups excluding carboxylic acids is 1. The van der Waals surface area contributed by atoms with Gasteiger partial charge in [0.1, 0.15) is 11.8 Å². The number of aliphatic hydroxyl groups is 2. The summed E-state index contributed by atoms with van der Waals surface area (Å²) in [5.74, 6) is -1.77. The molecule has 3 atom stereocenters. The van der Waals surface area contributed by atoms with Crippen molar-refractivity contribution in [2.24, 2.45) is 5.92 Å². The van der Waals surface area contributed by atoms with Gasteiger partial charge in [-0.2, -0.15) is 0 Å². The zero-order valence-corrected chi connectivity index (χ0v) is 15.0. The predicted molar refractivity (Wildman–Crippen MR) is 95.3 cm³/mol. The highest BCUT2D eigenvalue weighted by atomic mass is 16.6. The van der Waals surface area contributed by atoms with Gasteiger partial charge in [-0.1, -0.05) is 19.8 Å². The number of rotatable bonds is 11. The number of nitrogens with one attached hydrogen (secondary N) is 1. The fraction of sp³-hybridized carbons (Fsp3) is 0.562. The number of nitro benzene ring substituents is 2. The molecule has 1 aromatic rings. The first kappa shape index (κ1) is 22.4. The average Bonchev–Trinajstić information content (AvgIpc) is 2.61. The number of hydrogen-bond donors (Lipinski definition) is 3. The van der Waals surface area contributed by atoms with Crippen LogP contribution in [0.15, 0.2) is 18.2 Å². The van der Waals surface area contributed by atoms with Crippen molar-refractivity contribution in [3.8, 4) is 0 Å². The molecule has 0 fully saturated rings. The summed E-state index contributed by atoms with van der Waals surface area (Å²) in [5.41, 5.74) is -1.36. The lowest BCUT2D eigenvalue weighted by Crippen LogP contribution is -2.42. The van der Waals surface area contributed by atoms with Crippen molar-refractivity contribution in [3.63, 3.8) is 0 Å². The number of carbonyl (C=O) groups is 1. The smallest absolute Gasteiger partial charge is 0.299 e. The van der Waals surface area contributed by atoms with Gasteiger partial charge in [-0.15, -0.1) is 0 Å².